The summed E-state index contributed by atoms with van der Waals surface area (Å²) in [6.07, 6.45) is 2.75. The van der Waals surface area contributed by atoms with E-state index in [0.29, 0.717) is 26.1 Å². The Kier molecular flexibility index (Phi) is 4.46. The fraction of sp³-hybridized carbons (Fsp3) is 0.579. The van der Waals surface area contributed by atoms with E-state index in [1.165, 1.54) is 12.1 Å². The molecule has 1 unspecified atom stereocenters. The number of nitrogens with zero attached hydrogens (tertiary/aromatic N) is 3. The molecule has 5 nitrogen and oxygen atoms in total. The van der Waals surface area contributed by atoms with Crippen molar-refractivity contribution in [1.82, 2.24) is 14.7 Å². The van der Waals surface area contributed by atoms with E-state index in [1.807, 2.05) is 9.80 Å². The van der Waals surface area contributed by atoms with Gasteiger partial charge in [0.15, 0.2) is 0 Å². The molecule has 0 bridgehead atoms. The Morgan fingerprint density at radius 2 is 1.72 bits per heavy atom. The van der Waals surface area contributed by atoms with Crippen LogP contribution >= 0.6 is 0 Å². The standard InChI is InChI=1S/C19H24FN3O2/c20-16-5-1-14(2-6-16)13-23-12-10-21-9-11-22(18(24)15-3-4-15)8-7-17(21)19(23)25/h1-2,5-6,15,17H,3-4,7-13H2. The lowest BCUT2D eigenvalue weighted by Gasteiger charge is -2.39. The molecule has 0 radical (unpaired) electrons. The van der Waals surface area contributed by atoms with E-state index in [9.17, 15) is 14.0 Å². The van der Waals surface area contributed by atoms with E-state index >= 15 is 0 Å². The predicted molar refractivity (Wildman–Crippen MR) is 91.1 cm³/mol. The number of benzene rings is 1. The van der Waals surface area contributed by atoms with E-state index in [-0.39, 0.29) is 29.6 Å². The number of rotatable bonds is 3. The average molecular weight is 345 g/mol. The molecule has 1 saturated carbocycles. The Morgan fingerprint density at radius 1 is 1.00 bits per heavy atom. The summed E-state index contributed by atoms with van der Waals surface area (Å²) in [6.45, 7) is 4.23. The van der Waals surface area contributed by atoms with Gasteiger partial charge in [0, 0.05) is 45.2 Å². The molecule has 0 N–H and O–H groups in total. The number of hydrogen-bond donors (Lipinski definition) is 0. The van der Waals surface area contributed by atoms with Gasteiger partial charge in [0.25, 0.3) is 0 Å². The first-order valence-electron chi connectivity index (χ1n) is 9.18. The maximum Gasteiger partial charge on any atom is 0.240 e. The molecular weight excluding hydrogens is 321 g/mol. The fourth-order valence-electron chi connectivity index (χ4n) is 3.87. The molecule has 0 aromatic heterocycles. The quantitative estimate of drug-likeness (QED) is 0.834. The topological polar surface area (TPSA) is 43.9 Å². The van der Waals surface area contributed by atoms with Crippen LogP contribution in [0.15, 0.2) is 24.3 Å². The monoisotopic (exact) mass is 345 g/mol. The number of piperazine rings is 1. The molecule has 4 rings (SSSR count). The summed E-state index contributed by atoms with van der Waals surface area (Å²) in [5.74, 6) is 0.386. The van der Waals surface area contributed by atoms with E-state index < -0.39 is 0 Å². The van der Waals surface area contributed by atoms with E-state index in [1.54, 1.807) is 12.1 Å². The molecule has 2 aliphatic heterocycles. The van der Waals surface area contributed by atoms with Crippen molar-refractivity contribution >= 4 is 11.8 Å². The van der Waals surface area contributed by atoms with Gasteiger partial charge in [-0.1, -0.05) is 12.1 Å². The number of fused-ring (bicyclic) bond motifs is 1. The lowest BCUT2D eigenvalue weighted by Crippen LogP contribution is -2.56. The van der Waals surface area contributed by atoms with Crippen LogP contribution in [0.4, 0.5) is 4.39 Å². The summed E-state index contributed by atoms with van der Waals surface area (Å²) in [4.78, 5) is 31.3. The number of carbonyl (C=O) groups excluding carboxylic acids is 2. The lowest BCUT2D eigenvalue weighted by atomic mass is 10.1. The minimum absolute atomic E-state index is 0.133. The van der Waals surface area contributed by atoms with Crippen molar-refractivity contribution in [2.45, 2.75) is 31.8 Å². The van der Waals surface area contributed by atoms with Crippen LogP contribution in [0.25, 0.3) is 0 Å². The summed E-state index contributed by atoms with van der Waals surface area (Å²) in [6, 6.07) is 6.20. The van der Waals surface area contributed by atoms with Gasteiger partial charge in [-0.05, 0) is 37.0 Å². The Bertz CT molecular complexity index is 659. The van der Waals surface area contributed by atoms with Crippen molar-refractivity contribution in [2.75, 3.05) is 32.7 Å². The van der Waals surface area contributed by atoms with Crippen molar-refractivity contribution in [3.63, 3.8) is 0 Å². The minimum Gasteiger partial charge on any atom is -0.341 e. The highest BCUT2D eigenvalue weighted by Gasteiger charge is 2.39. The van der Waals surface area contributed by atoms with Crippen LogP contribution in [-0.2, 0) is 16.1 Å². The zero-order valence-corrected chi connectivity index (χ0v) is 14.4. The third-order valence-corrected chi connectivity index (χ3v) is 5.55. The Labute approximate surface area is 147 Å². The number of halogens is 1. The van der Waals surface area contributed by atoms with Crippen LogP contribution in [0.1, 0.15) is 24.8 Å². The largest absolute Gasteiger partial charge is 0.341 e. The van der Waals surface area contributed by atoms with Gasteiger partial charge >= 0.3 is 0 Å². The van der Waals surface area contributed by atoms with E-state index in [2.05, 4.69) is 4.90 Å². The molecular formula is C19H24FN3O2. The molecule has 1 aliphatic carbocycles. The van der Waals surface area contributed by atoms with Crippen molar-refractivity contribution in [2.24, 2.45) is 5.92 Å². The second-order valence-electron chi connectivity index (χ2n) is 7.33. The lowest BCUT2D eigenvalue weighted by molar-refractivity contribution is -0.142. The van der Waals surface area contributed by atoms with Gasteiger partial charge in [-0.25, -0.2) is 4.39 Å². The summed E-state index contributed by atoms with van der Waals surface area (Å²) >= 11 is 0. The Balaban J connectivity index is 1.40. The second kappa shape index (κ2) is 6.75. The first kappa shape index (κ1) is 16.5. The third kappa shape index (κ3) is 3.54. The summed E-state index contributed by atoms with van der Waals surface area (Å²) in [5.41, 5.74) is 0.947. The highest BCUT2D eigenvalue weighted by Crippen LogP contribution is 2.32. The fourth-order valence-corrected chi connectivity index (χ4v) is 3.87. The molecule has 0 spiro atoms. The van der Waals surface area contributed by atoms with Crippen LogP contribution in [0.5, 0.6) is 0 Å². The summed E-state index contributed by atoms with van der Waals surface area (Å²) < 4.78 is 13.1. The van der Waals surface area contributed by atoms with Gasteiger partial charge in [0.2, 0.25) is 11.8 Å². The van der Waals surface area contributed by atoms with Gasteiger partial charge in [-0.15, -0.1) is 0 Å². The molecule has 3 aliphatic rings. The molecule has 3 fully saturated rings. The SMILES string of the molecule is O=C(C1CC1)N1CCC2C(=O)N(Cc3ccc(F)cc3)CCN2CC1. The van der Waals surface area contributed by atoms with E-state index in [0.717, 1.165) is 38.0 Å². The van der Waals surface area contributed by atoms with Crippen molar-refractivity contribution in [1.29, 1.82) is 0 Å². The molecule has 2 saturated heterocycles. The highest BCUT2D eigenvalue weighted by atomic mass is 19.1. The van der Waals surface area contributed by atoms with Crippen molar-refractivity contribution in [3.8, 4) is 0 Å². The predicted octanol–water partition coefficient (Wildman–Crippen LogP) is 1.48. The van der Waals surface area contributed by atoms with Crippen molar-refractivity contribution < 1.29 is 14.0 Å². The van der Waals surface area contributed by atoms with Crippen LogP contribution in [0.3, 0.4) is 0 Å². The smallest absolute Gasteiger partial charge is 0.240 e. The summed E-state index contributed by atoms with van der Waals surface area (Å²) in [5, 5.41) is 0. The molecule has 2 amide bonds. The van der Waals surface area contributed by atoms with Gasteiger partial charge in [-0.2, -0.15) is 0 Å². The molecule has 6 heteroatoms. The zero-order valence-electron chi connectivity index (χ0n) is 14.4. The second-order valence-corrected chi connectivity index (χ2v) is 7.33. The minimum atomic E-state index is -0.260. The Hall–Kier alpha value is -1.95. The number of carbonyl (C=O) groups is 2. The molecule has 1 atom stereocenters. The number of hydrogen-bond acceptors (Lipinski definition) is 3. The van der Waals surface area contributed by atoms with Crippen molar-refractivity contribution in [3.05, 3.63) is 35.6 Å². The normalized spacial score (nSPS) is 24.8. The first-order chi connectivity index (χ1) is 12.1. The molecule has 134 valence electrons. The maximum absolute atomic E-state index is 13.1. The van der Waals surface area contributed by atoms with Crippen LogP contribution < -0.4 is 0 Å². The molecule has 25 heavy (non-hydrogen) atoms. The average Bonchev–Trinajstić information content (AvgIpc) is 3.45. The molecule has 1 aromatic rings. The van der Waals surface area contributed by atoms with Gasteiger partial charge in [-0.3, -0.25) is 14.5 Å². The first-order valence-corrected chi connectivity index (χ1v) is 9.18. The van der Waals surface area contributed by atoms with Crippen LogP contribution in [-0.4, -0.2) is 65.3 Å². The van der Waals surface area contributed by atoms with Gasteiger partial charge < -0.3 is 9.80 Å². The molecule has 2 heterocycles. The van der Waals surface area contributed by atoms with Crippen LogP contribution in [0.2, 0.25) is 0 Å². The van der Waals surface area contributed by atoms with Gasteiger partial charge in [0.05, 0.1) is 6.04 Å². The number of amides is 2. The summed E-state index contributed by atoms with van der Waals surface area (Å²) in [7, 11) is 0. The zero-order chi connectivity index (χ0) is 17.4. The maximum atomic E-state index is 13.1. The van der Waals surface area contributed by atoms with Gasteiger partial charge in [0.1, 0.15) is 5.82 Å². The Morgan fingerprint density at radius 3 is 2.44 bits per heavy atom. The van der Waals surface area contributed by atoms with E-state index in [4.69, 9.17) is 0 Å². The molecule has 1 aromatic carbocycles. The third-order valence-electron chi connectivity index (χ3n) is 5.55. The van der Waals surface area contributed by atoms with Crippen LogP contribution in [0, 0.1) is 11.7 Å². The highest BCUT2D eigenvalue weighted by molar-refractivity contribution is 5.83.